The summed E-state index contributed by atoms with van der Waals surface area (Å²) in [6, 6.07) is 9.79. The van der Waals surface area contributed by atoms with Crippen molar-refractivity contribution in [3.63, 3.8) is 0 Å². The Labute approximate surface area is 163 Å². The standard InChI is InChI=1S/C20H24N2O6/c1-5-27-19-11-17(22(24)25)16(10-18(19)26-4)20(23)21-12-14-6-8-15(9-7-14)28-13(2)3/h6-11,13H,5,12H2,1-4H3,(H,21,23). The van der Waals surface area contributed by atoms with Crippen LogP contribution >= 0.6 is 0 Å². The summed E-state index contributed by atoms with van der Waals surface area (Å²) in [6.45, 7) is 6.16. The first-order valence-corrected chi connectivity index (χ1v) is 8.88. The Kier molecular flexibility index (Phi) is 7.20. The summed E-state index contributed by atoms with van der Waals surface area (Å²) in [7, 11) is 1.41. The van der Waals surface area contributed by atoms with Gasteiger partial charge in [-0.15, -0.1) is 0 Å². The van der Waals surface area contributed by atoms with Gasteiger partial charge in [-0.2, -0.15) is 0 Å². The van der Waals surface area contributed by atoms with E-state index in [0.29, 0.717) is 6.61 Å². The molecule has 1 amide bonds. The zero-order chi connectivity index (χ0) is 20.7. The van der Waals surface area contributed by atoms with Crippen LogP contribution in [0.2, 0.25) is 0 Å². The predicted octanol–water partition coefficient (Wildman–Crippen LogP) is 3.72. The van der Waals surface area contributed by atoms with Gasteiger partial charge in [0.1, 0.15) is 11.3 Å². The zero-order valence-corrected chi connectivity index (χ0v) is 16.4. The van der Waals surface area contributed by atoms with E-state index in [2.05, 4.69) is 5.32 Å². The molecule has 0 aliphatic carbocycles. The van der Waals surface area contributed by atoms with Gasteiger partial charge in [0.05, 0.1) is 30.8 Å². The van der Waals surface area contributed by atoms with Crippen molar-refractivity contribution in [2.24, 2.45) is 0 Å². The molecule has 0 spiro atoms. The van der Waals surface area contributed by atoms with Crippen LogP contribution in [0.1, 0.15) is 36.7 Å². The molecule has 0 bridgehead atoms. The lowest BCUT2D eigenvalue weighted by Crippen LogP contribution is -2.24. The second kappa shape index (κ2) is 9.59. The number of benzene rings is 2. The van der Waals surface area contributed by atoms with Crippen LogP contribution in [-0.2, 0) is 6.54 Å². The molecule has 0 heterocycles. The average molecular weight is 388 g/mol. The van der Waals surface area contributed by atoms with Crippen LogP contribution in [0, 0.1) is 10.1 Å². The van der Waals surface area contributed by atoms with Crippen LogP contribution in [-0.4, -0.2) is 30.7 Å². The molecule has 150 valence electrons. The van der Waals surface area contributed by atoms with Gasteiger partial charge in [-0.1, -0.05) is 12.1 Å². The molecule has 2 rings (SSSR count). The molecule has 2 aromatic rings. The molecular weight excluding hydrogens is 364 g/mol. The van der Waals surface area contributed by atoms with Gasteiger partial charge in [0, 0.05) is 12.6 Å². The predicted molar refractivity (Wildman–Crippen MR) is 104 cm³/mol. The Morgan fingerprint density at radius 1 is 1.18 bits per heavy atom. The topological polar surface area (TPSA) is 99.9 Å². The molecule has 0 aliphatic heterocycles. The number of nitrogens with zero attached hydrogens (tertiary/aromatic N) is 1. The maximum Gasteiger partial charge on any atom is 0.286 e. The molecule has 0 aromatic heterocycles. The van der Waals surface area contributed by atoms with Crippen molar-refractivity contribution >= 4 is 11.6 Å². The number of carbonyl (C=O) groups is 1. The van der Waals surface area contributed by atoms with E-state index in [-0.39, 0.29) is 35.4 Å². The lowest BCUT2D eigenvalue weighted by atomic mass is 10.1. The zero-order valence-electron chi connectivity index (χ0n) is 16.4. The van der Waals surface area contributed by atoms with Crippen molar-refractivity contribution in [2.75, 3.05) is 13.7 Å². The molecule has 0 aliphatic rings. The summed E-state index contributed by atoms with van der Waals surface area (Å²) in [4.78, 5) is 23.3. The maximum absolute atomic E-state index is 12.6. The maximum atomic E-state index is 12.6. The van der Waals surface area contributed by atoms with Gasteiger partial charge in [-0.05, 0) is 38.5 Å². The molecule has 0 saturated carbocycles. The minimum Gasteiger partial charge on any atom is -0.493 e. The fourth-order valence-corrected chi connectivity index (χ4v) is 2.55. The second-order valence-electron chi connectivity index (χ2n) is 6.20. The number of nitrogens with one attached hydrogen (secondary N) is 1. The number of nitro groups is 1. The summed E-state index contributed by atoms with van der Waals surface area (Å²) in [5.74, 6) is 0.634. The largest absolute Gasteiger partial charge is 0.493 e. The second-order valence-corrected chi connectivity index (χ2v) is 6.20. The monoisotopic (exact) mass is 388 g/mol. The molecule has 0 saturated heterocycles. The molecule has 28 heavy (non-hydrogen) atoms. The summed E-state index contributed by atoms with van der Waals surface area (Å²) >= 11 is 0. The summed E-state index contributed by atoms with van der Waals surface area (Å²) in [5, 5.41) is 14.1. The summed E-state index contributed by atoms with van der Waals surface area (Å²) in [5.41, 5.74) is 0.400. The van der Waals surface area contributed by atoms with Crippen molar-refractivity contribution in [3.05, 3.63) is 57.6 Å². The molecule has 2 aromatic carbocycles. The first-order chi connectivity index (χ1) is 13.3. The number of nitro benzene ring substituents is 1. The van der Waals surface area contributed by atoms with Gasteiger partial charge < -0.3 is 19.5 Å². The third-order valence-corrected chi connectivity index (χ3v) is 3.77. The molecule has 0 fully saturated rings. The highest BCUT2D eigenvalue weighted by Crippen LogP contribution is 2.34. The summed E-state index contributed by atoms with van der Waals surface area (Å²) < 4.78 is 16.1. The minimum atomic E-state index is -0.616. The van der Waals surface area contributed by atoms with Crippen LogP contribution in [0.3, 0.4) is 0 Å². The fraction of sp³-hybridized carbons (Fsp3) is 0.350. The van der Waals surface area contributed by atoms with Gasteiger partial charge in [0.15, 0.2) is 11.5 Å². The highest BCUT2D eigenvalue weighted by Gasteiger charge is 2.24. The molecule has 0 atom stereocenters. The van der Waals surface area contributed by atoms with Crippen LogP contribution in [0.25, 0.3) is 0 Å². The highest BCUT2D eigenvalue weighted by molar-refractivity contribution is 5.99. The van der Waals surface area contributed by atoms with Crippen molar-refractivity contribution in [1.82, 2.24) is 5.32 Å². The SMILES string of the molecule is CCOc1cc([N+](=O)[O-])c(C(=O)NCc2ccc(OC(C)C)cc2)cc1OC. The Morgan fingerprint density at radius 3 is 2.39 bits per heavy atom. The van der Waals surface area contributed by atoms with E-state index in [9.17, 15) is 14.9 Å². The van der Waals surface area contributed by atoms with Gasteiger partial charge in [0.25, 0.3) is 11.6 Å². The Hall–Kier alpha value is -3.29. The number of hydrogen-bond donors (Lipinski definition) is 1. The van der Waals surface area contributed by atoms with E-state index in [0.717, 1.165) is 11.3 Å². The molecule has 0 unspecified atom stereocenters. The number of methoxy groups -OCH3 is 1. The van der Waals surface area contributed by atoms with Crippen LogP contribution in [0.15, 0.2) is 36.4 Å². The number of ether oxygens (including phenoxy) is 3. The average Bonchev–Trinajstić information content (AvgIpc) is 2.66. The van der Waals surface area contributed by atoms with E-state index in [1.807, 2.05) is 38.1 Å². The number of rotatable bonds is 9. The Morgan fingerprint density at radius 2 is 1.86 bits per heavy atom. The van der Waals surface area contributed by atoms with Crippen molar-refractivity contribution in [2.45, 2.75) is 33.4 Å². The molecule has 8 heteroatoms. The van der Waals surface area contributed by atoms with Crippen molar-refractivity contribution < 1.29 is 23.9 Å². The normalized spacial score (nSPS) is 10.5. The molecule has 8 nitrogen and oxygen atoms in total. The number of carbonyl (C=O) groups excluding carboxylic acids is 1. The molecular formula is C20H24N2O6. The van der Waals surface area contributed by atoms with Gasteiger partial charge in [-0.3, -0.25) is 14.9 Å². The first-order valence-electron chi connectivity index (χ1n) is 8.88. The molecule has 1 N–H and O–H groups in total. The van der Waals surface area contributed by atoms with E-state index in [1.54, 1.807) is 6.92 Å². The van der Waals surface area contributed by atoms with Gasteiger partial charge >= 0.3 is 0 Å². The van der Waals surface area contributed by atoms with Gasteiger partial charge in [0.2, 0.25) is 0 Å². The third kappa shape index (κ3) is 5.35. The van der Waals surface area contributed by atoms with Crippen LogP contribution in [0.4, 0.5) is 5.69 Å². The summed E-state index contributed by atoms with van der Waals surface area (Å²) in [6.07, 6.45) is 0.0701. The van der Waals surface area contributed by atoms with Crippen LogP contribution < -0.4 is 19.5 Å². The van der Waals surface area contributed by atoms with Crippen molar-refractivity contribution in [1.29, 1.82) is 0 Å². The van der Waals surface area contributed by atoms with Gasteiger partial charge in [-0.25, -0.2) is 0 Å². The fourth-order valence-electron chi connectivity index (χ4n) is 2.55. The number of amides is 1. The Bertz CT molecular complexity index is 833. The minimum absolute atomic E-state index is 0.0701. The van der Waals surface area contributed by atoms with E-state index < -0.39 is 10.8 Å². The lowest BCUT2D eigenvalue weighted by Gasteiger charge is -2.12. The lowest BCUT2D eigenvalue weighted by molar-refractivity contribution is -0.385. The quantitative estimate of drug-likeness (QED) is 0.519. The highest BCUT2D eigenvalue weighted by atomic mass is 16.6. The smallest absolute Gasteiger partial charge is 0.286 e. The van der Waals surface area contributed by atoms with E-state index in [1.165, 1.54) is 19.2 Å². The van der Waals surface area contributed by atoms with E-state index >= 15 is 0 Å². The van der Waals surface area contributed by atoms with Crippen LogP contribution in [0.5, 0.6) is 17.2 Å². The molecule has 0 radical (unpaired) electrons. The first kappa shape index (κ1) is 21.0. The third-order valence-electron chi connectivity index (χ3n) is 3.77. The van der Waals surface area contributed by atoms with Crippen molar-refractivity contribution in [3.8, 4) is 17.2 Å². The Balaban J connectivity index is 2.17. The van der Waals surface area contributed by atoms with E-state index in [4.69, 9.17) is 14.2 Å². The number of hydrogen-bond acceptors (Lipinski definition) is 6.